The van der Waals surface area contributed by atoms with Gasteiger partial charge >= 0.3 is 0 Å². The Balaban J connectivity index is 1.75. The Bertz CT molecular complexity index is 919. The Morgan fingerprint density at radius 2 is 1.88 bits per heavy atom. The molecule has 0 atom stereocenters. The number of hydrogen-bond acceptors (Lipinski definition) is 5. The summed E-state index contributed by atoms with van der Waals surface area (Å²) in [6.07, 6.45) is 0. The molecule has 0 saturated heterocycles. The van der Waals surface area contributed by atoms with Gasteiger partial charge in [0.1, 0.15) is 5.75 Å². The largest absolute Gasteiger partial charge is 0.494 e. The normalized spacial score (nSPS) is 10.5. The van der Waals surface area contributed by atoms with E-state index < -0.39 is 0 Å². The number of carbonyl (C=O) groups is 2. The molecular formula is C18H17N3O3S. The highest BCUT2D eigenvalue weighted by atomic mass is 32.1. The third-order valence-electron chi connectivity index (χ3n) is 3.36. The fourth-order valence-corrected chi connectivity index (χ4v) is 3.17. The van der Waals surface area contributed by atoms with Gasteiger partial charge in [-0.3, -0.25) is 9.59 Å². The van der Waals surface area contributed by atoms with Gasteiger partial charge < -0.3 is 15.4 Å². The SMILES string of the molecule is CCOc1ccc(C(=O)Nc2ccc3sc(NC(C)=O)nc3c2)cc1. The highest BCUT2D eigenvalue weighted by Gasteiger charge is 2.09. The molecule has 0 saturated carbocycles. The number of nitrogens with one attached hydrogen (secondary N) is 2. The second kappa shape index (κ2) is 7.31. The van der Waals surface area contributed by atoms with E-state index in [1.165, 1.54) is 18.3 Å². The van der Waals surface area contributed by atoms with Crippen LogP contribution in [-0.2, 0) is 4.79 Å². The highest BCUT2D eigenvalue weighted by molar-refractivity contribution is 7.22. The zero-order valence-corrected chi connectivity index (χ0v) is 14.6. The molecule has 0 fully saturated rings. The van der Waals surface area contributed by atoms with Crippen molar-refractivity contribution in [3.63, 3.8) is 0 Å². The molecule has 0 radical (unpaired) electrons. The fraction of sp³-hybridized carbons (Fsp3) is 0.167. The van der Waals surface area contributed by atoms with Crippen molar-refractivity contribution in [2.45, 2.75) is 13.8 Å². The van der Waals surface area contributed by atoms with Crippen molar-refractivity contribution in [1.29, 1.82) is 0 Å². The number of ether oxygens (including phenoxy) is 1. The van der Waals surface area contributed by atoms with Gasteiger partial charge in [0.25, 0.3) is 5.91 Å². The molecule has 2 N–H and O–H groups in total. The average molecular weight is 355 g/mol. The number of fused-ring (bicyclic) bond motifs is 1. The van der Waals surface area contributed by atoms with E-state index in [2.05, 4.69) is 15.6 Å². The van der Waals surface area contributed by atoms with Crippen LogP contribution in [0.25, 0.3) is 10.2 Å². The molecule has 0 bridgehead atoms. The molecule has 2 amide bonds. The van der Waals surface area contributed by atoms with E-state index in [1.54, 1.807) is 30.3 Å². The van der Waals surface area contributed by atoms with Crippen LogP contribution in [0, 0.1) is 0 Å². The number of nitrogens with zero attached hydrogens (tertiary/aromatic N) is 1. The summed E-state index contributed by atoms with van der Waals surface area (Å²) in [4.78, 5) is 27.8. The number of hydrogen-bond donors (Lipinski definition) is 2. The summed E-state index contributed by atoms with van der Waals surface area (Å²) < 4.78 is 6.30. The fourth-order valence-electron chi connectivity index (χ4n) is 2.28. The first kappa shape index (κ1) is 16.9. The summed E-state index contributed by atoms with van der Waals surface area (Å²) in [5.74, 6) is 0.358. The van der Waals surface area contributed by atoms with Gasteiger partial charge in [-0.15, -0.1) is 0 Å². The number of amides is 2. The lowest BCUT2D eigenvalue weighted by atomic mass is 10.2. The Morgan fingerprint density at radius 1 is 1.12 bits per heavy atom. The number of anilines is 2. The predicted molar refractivity (Wildman–Crippen MR) is 99.5 cm³/mol. The van der Waals surface area contributed by atoms with Crippen LogP contribution in [0.5, 0.6) is 5.75 Å². The summed E-state index contributed by atoms with van der Waals surface area (Å²) >= 11 is 1.39. The summed E-state index contributed by atoms with van der Waals surface area (Å²) in [6, 6.07) is 12.4. The van der Waals surface area contributed by atoms with Gasteiger partial charge in [-0.1, -0.05) is 11.3 Å². The van der Waals surface area contributed by atoms with Crippen LogP contribution in [0.2, 0.25) is 0 Å². The van der Waals surface area contributed by atoms with Crippen LogP contribution in [0.3, 0.4) is 0 Å². The Morgan fingerprint density at radius 3 is 2.56 bits per heavy atom. The van der Waals surface area contributed by atoms with Crippen LogP contribution in [0.1, 0.15) is 24.2 Å². The van der Waals surface area contributed by atoms with Crippen molar-refractivity contribution in [3.05, 3.63) is 48.0 Å². The molecule has 0 aliphatic heterocycles. The van der Waals surface area contributed by atoms with E-state index in [1.807, 2.05) is 19.1 Å². The van der Waals surface area contributed by atoms with Crippen LogP contribution in [0.4, 0.5) is 10.8 Å². The minimum Gasteiger partial charge on any atom is -0.494 e. The van der Waals surface area contributed by atoms with Gasteiger partial charge in [0.2, 0.25) is 5.91 Å². The third-order valence-corrected chi connectivity index (χ3v) is 4.31. The summed E-state index contributed by atoms with van der Waals surface area (Å²) in [5.41, 5.74) is 1.91. The van der Waals surface area contributed by atoms with E-state index in [4.69, 9.17) is 4.74 Å². The van der Waals surface area contributed by atoms with E-state index in [0.717, 1.165) is 16.0 Å². The molecule has 0 aliphatic carbocycles. The lowest BCUT2D eigenvalue weighted by Gasteiger charge is -2.07. The van der Waals surface area contributed by atoms with Crippen LogP contribution in [0.15, 0.2) is 42.5 Å². The Kier molecular flexibility index (Phi) is 4.95. The van der Waals surface area contributed by atoms with Gasteiger partial charge in [0.05, 0.1) is 16.8 Å². The molecule has 0 aliphatic rings. The molecule has 7 heteroatoms. The number of carbonyl (C=O) groups excluding carboxylic acids is 2. The summed E-state index contributed by atoms with van der Waals surface area (Å²) in [6.45, 7) is 3.93. The van der Waals surface area contributed by atoms with Gasteiger partial charge in [-0.2, -0.15) is 0 Å². The maximum Gasteiger partial charge on any atom is 0.255 e. The van der Waals surface area contributed by atoms with Crippen molar-refractivity contribution in [2.75, 3.05) is 17.2 Å². The van der Waals surface area contributed by atoms with E-state index in [0.29, 0.717) is 23.0 Å². The van der Waals surface area contributed by atoms with E-state index in [9.17, 15) is 9.59 Å². The second-order valence-electron chi connectivity index (χ2n) is 5.29. The molecule has 1 heterocycles. The quantitative estimate of drug-likeness (QED) is 0.727. The van der Waals surface area contributed by atoms with Crippen LogP contribution in [-0.4, -0.2) is 23.4 Å². The monoisotopic (exact) mass is 355 g/mol. The zero-order chi connectivity index (χ0) is 17.8. The topological polar surface area (TPSA) is 80.3 Å². The molecule has 1 aromatic heterocycles. The van der Waals surface area contributed by atoms with Crippen LogP contribution >= 0.6 is 11.3 Å². The number of thiazole rings is 1. The average Bonchev–Trinajstić information content (AvgIpc) is 2.96. The predicted octanol–water partition coefficient (Wildman–Crippen LogP) is 3.91. The summed E-state index contributed by atoms with van der Waals surface area (Å²) in [7, 11) is 0. The van der Waals surface area contributed by atoms with Crippen molar-refractivity contribution < 1.29 is 14.3 Å². The first-order valence-electron chi connectivity index (χ1n) is 7.77. The first-order chi connectivity index (χ1) is 12.0. The zero-order valence-electron chi connectivity index (χ0n) is 13.8. The van der Waals surface area contributed by atoms with Gasteiger partial charge in [-0.25, -0.2) is 4.98 Å². The van der Waals surface area contributed by atoms with Crippen molar-refractivity contribution in [1.82, 2.24) is 4.98 Å². The number of benzene rings is 2. The first-order valence-corrected chi connectivity index (χ1v) is 8.59. The molecule has 6 nitrogen and oxygen atoms in total. The Hall–Kier alpha value is -2.93. The maximum atomic E-state index is 12.3. The van der Waals surface area contributed by atoms with Crippen LogP contribution < -0.4 is 15.4 Å². The smallest absolute Gasteiger partial charge is 0.255 e. The molecule has 3 aromatic rings. The minimum absolute atomic E-state index is 0.164. The molecule has 128 valence electrons. The molecule has 0 unspecified atom stereocenters. The van der Waals surface area contributed by atoms with Crippen molar-refractivity contribution >= 4 is 44.2 Å². The van der Waals surface area contributed by atoms with Crippen molar-refractivity contribution in [3.8, 4) is 5.75 Å². The van der Waals surface area contributed by atoms with Gasteiger partial charge in [0.15, 0.2) is 5.13 Å². The maximum absolute atomic E-state index is 12.3. The third kappa shape index (κ3) is 4.13. The summed E-state index contributed by atoms with van der Waals surface area (Å²) in [5, 5.41) is 6.05. The number of rotatable bonds is 5. The molecular weight excluding hydrogens is 338 g/mol. The van der Waals surface area contributed by atoms with E-state index >= 15 is 0 Å². The molecule has 25 heavy (non-hydrogen) atoms. The lowest BCUT2D eigenvalue weighted by molar-refractivity contribution is -0.114. The highest BCUT2D eigenvalue weighted by Crippen LogP contribution is 2.28. The molecule has 3 rings (SSSR count). The lowest BCUT2D eigenvalue weighted by Crippen LogP contribution is -2.11. The number of aromatic nitrogens is 1. The molecule has 0 spiro atoms. The van der Waals surface area contributed by atoms with E-state index in [-0.39, 0.29) is 11.8 Å². The standard InChI is InChI=1S/C18H17N3O3S/c1-3-24-14-7-4-12(5-8-14)17(23)20-13-6-9-16-15(10-13)21-18(25-16)19-11(2)22/h4-10H,3H2,1-2H3,(H,20,23)(H,19,21,22). The van der Waals surface area contributed by atoms with Gasteiger partial charge in [0, 0.05) is 18.2 Å². The molecule has 2 aromatic carbocycles. The minimum atomic E-state index is -0.209. The van der Waals surface area contributed by atoms with Gasteiger partial charge in [-0.05, 0) is 49.4 Å². The van der Waals surface area contributed by atoms with Crippen molar-refractivity contribution in [2.24, 2.45) is 0 Å². The Labute approximate surface area is 148 Å². The second-order valence-corrected chi connectivity index (χ2v) is 6.32.